The van der Waals surface area contributed by atoms with Crippen LogP contribution in [-0.4, -0.2) is 47.3 Å². The molecule has 15 heteroatoms. The van der Waals surface area contributed by atoms with Crippen molar-refractivity contribution >= 4 is 57.3 Å². The number of benzene rings is 4. The third-order valence-corrected chi connectivity index (χ3v) is 6.59. The highest BCUT2D eigenvalue weighted by atomic mass is 35.5. The van der Waals surface area contributed by atoms with Crippen LogP contribution in [-0.2, 0) is 4.79 Å². The van der Waals surface area contributed by atoms with Gasteiger partial charge in [0.05, 0.1) is 22.5 Å². The summed E-state index contributed by atoms with van der Waals surface area (Å²) in [6.07, 6.45) is -10.0. The molecule has 0 aliphatic heterocycles. The molecule has 0 atom stereocenters. The minimum absolute atomic E-state index is 0.186. The molecule has 0 fully saturated rings. The number of Topliss-reactive ketones (excluding diaryl/α,β-unsaturated/α-hetero) is 2. The minimum Gasteiger partial charge on any atom is -0.484 e. The van der Waals surface area contributed by atoms with Crippen molar-refractivity contribution in [3.05, 3.63) is 125 Å². The van der Waals surface area contributed by atoms with Gasteiger partial charge in [0.15, 0.2) is 6.61 Å². The molecule has 0 unspecified atom stereocenters. The molecule has 0 bridgehead atoms. The Morgan fingerprint density at radius 2 is 1.17 bits per heavy atom. The first-order valence-corrected chi connectivity index (χ1v) is 14.0. The zero-order valence-corrected chi connectivity index (χ0v) is 25.0. The van der Waals surface area contributed by atoms with E-state index in [0.29, 0.717) is 10.8 Å². The fraction of sp³-hybridized carbons (Fsp3) is 0.0909. The van der Waals surface area contributed by atoms with E-state index in [4.69, 9.17) is 16.3 Å². The standard InChI is InChI=1S/C17H11F3N2O2.C16H11ClF3NO3/c18-17(19,20)15(23)11-6-2-4-8-13(11)22-16(24)14-9-10-5-1-3-7-12(10)21-14;17-10-5-7-11(8-6-10)24-9-14(22)21-13-4-2-1-3-12(13)15(23)16(18,19)20/h1-9,21H,(H,22,24);1-8H,9H2,(H,21,22). The number of carbonyl (C=O) groups excluding carboxylic acids is 4. The SMILES string of the molecule is O=C(COc1ccc(Cl)cc1)Nc1ccccc1C(=O)C(F)(F)F.O=C(Nc1ccccc1C(=O)C(F)(F)F)c1cc2ccccc2[nH]1. The summed E-state index contributed by atoms with van der Waals surface area (Å²) in [6, 6.07) is 24.8. The van der Waals surface area contributed by atoms with Crippen LogP contribution in [0.4, 0.5) is 37.7 Å². The highest BCUT2D eigenvalue weighted by Gasteiger charge is 2.41. The minimum atomic E-state index is -5.03. The number of ether oxygens (including phenoxy) is 1. The van der Waals surface area contributed by atoms with E-state index in [1.165, 1.54) is 48.5 Å². The van der Waals surface area contributed by atoms with E-state index in [-0.39, 0.29) is 17.1 Å². The molecule has 1 heterocycles. The van der Waals surface area contributed by atoms with Crippen molar-refractivity contribution in [3.63, 3.8) is 0 Å². The number of alkyl halides is 6. The predicted molar refractivity (Wildman–Crippen MR) is 165 cm³/mol. The van der Waals surface area contributed by atoms with Gasteiger partial charge in [0, 0.05) is 15.9 Å². The molecule has 2 amide bonds. The van der Waals surface area contributed by atoms with Crippen molar-refractivity contribution in [1.29, 1.82) is 0 Å². The van der Waals surface area contributed by atoms with Gasteiger partial charge in [-0.2, -0.15) is 26.3 Å². The summed E-state index contributed by atoms with van der Waals surface area (Å²) in [7, 11) is 0. The third-order valence-electron chi connectivity index (χ3n) is 6.34. The molecule has 48 heavy (non-hydrogen) atoms. The Morgan fingerprint density at radius 1 is 0.667 bits per heavy atom. The Bertz CT molecular complexity index is 1920. The van der Waals surface area contributed by atoms with Gasteiger partial charge in [0.1, 0.15) is 11.4 Å². The second-order valence-electron chi connectivity index (χ2n) is 9.76. The molecule has 1 aromatic heterocycles. The van der Waals surface area contributed by atoms with Crippen molar-refractivity contribution in [3.8, 4) is 5.75 Å². The lowest BCUT2D eigenvalue weighted by molar-refractivity contribution is -0.118. The number of aromatic amines is 1. The molecule has 4 aromatic carbocycles. The Hall–Kier alpha value is -5.63. The van der Waals surface area contributed by atoms with E-state index in [1.807, 2.05) is 0 Å². The van der Waals surface area contributed by atoms with Gasteiger partial charge in [0.2, 0.25) is 0 Å². The monoisotopic (exact) mass is 689 g/mol. The summed E-state index contributed by atoms with van der Waals surface area (Å²) in [5.41, 5.74) is -0.750. The number of nitrogens with one attached hydrogen (secondary N) is 3. The van der Waals surface area contributed by atoms with Crippen LogP contribution >= 0.6 is 11.6 Å². The lowest BCUT2D eigenvalue weighted by Gasteiger charge is -2.12. The summed E-state index contributed by atoms with van der Waals surface area (Å²) < 4.78 is 80.8. The highest BCUT2D eigenvalue weighted by molar-refractivity contribution is 6.30. The van der Waals surface area contributed by atoms with Crippen molar-refractivity contribution < 1.29 is 50.3 Å². The zero-order valence-electron chi connectivity index (χ0n) is 24.2. The molecule has 248 valence electrons. The van der Waals surface area contributed by atoms with E-state index in [2.05, 4.69) is 15.6 Å². The van der Waals surface area contributed by atoms with Gasteiger partial charge >= 0.3 is 12.4 Å². The van der Waals surface area contributed by atoms with Gasteiger partial charge in [-0.3, -0.25) is 19.2 Å². The summed E-state index contributed by atoms with van der Waals surface area (Å²) in [5.74, 6) is -5.00. The van der Waals surface area contributed by atoms with Gasteiger partial charge in [-0.15, -0.1) is 0 Å². The molecule has 0 aliphatic rings. The smallest absolute Gasteiger partial charge is 0.454 e. The van der Waals surface area contributed by atoms with Gasteiger partial charge in [-0.1, -0.05) is 54.1 Å². The molecule has 0 aliphatic carbocycles. The maximum atomic E-state index is 12.6. The number of aromatic nitrogens is 1. The molecular weight excluding hydrogens is 668 g/mol. The first kappa shape index (κ1) is 35.2. The summed E-state index contributed by atoms with van der Waals surface area (Å²) >= 11 is 5.71. The number of rotatable bonds is 8. The molecule has 0 saturated carbocycles. The van der Waals surface area contributed by atoms with Crippen molar-refractivity contribution in [2.75, 3.05) is 17.2 Å². The number of halogens is 7. The topological polar surface area (TPSA) is 117 Å². The Labute approximate surface area is 272 Å². The molecule has 3 N–H and O–H groups in total. The number of para-hydroxylation sites is 3. The molecule has 0 spiro atoms. The number of hydrogen-bond acceptors (Lipinski definition) is 5. The highest BCUT2D eigenvalue weighted by Crippen LogP contribution is 2.28. The zero-order chi connectivity index (χ0) is 35.1. The van der Waals surface area contributed by atoms with Crippen molar-refractivity contribution in [2.45, 2.75) is 12.4 Å². The predicted octanol–water partition coefficient (Wildman–Crippen LogP) is 8.27. The van der Waals surface area contributed by atoms with E-state index < -0.39 is 53.5 Å². The Morgan fingerprint density at radius 3 is 1.71 bits per heavy atom. The molecule has 8 nitrogen and oxygen atoms in total. The largest absolute Gasteiger partial charge is 0.484 e. The van der Waals surface area contributed by atoms with Gasteiger partial charge < -0.3 is 20.4 Å². The number of ketones is 2. The fourth-order valence-electron chi connectivity index (χ4n) is 4.14. The van der Waals surface area contributed by atoms with E-state index in [1.54, 1.807) is 42.5 Å². The second kappa shape index (κ2) is 14.9. The van der Waals surface area contributed by atoms with Gasteiger partial charge in [0.25, 0.3) is 23.4 Å². The Balaban J connectivity index is 0.000000217. The normalized spacial score (nSPS) is 11.2. The number of fused-ring (bicyclic) bond motifs is 1. The second-order valence-corrected chi connectivity index (χ2v) is 10.2. The maximum absolute atomic E-state index is 12.6. The van der Waals surface area contributed by atoms with Crippen LogP contribution in [0, 0.1) is 0 Å². The summed E-state index contributed by atoms with van der Waals surface area (Å²) in [5, 5.41) is 5.87. The number of hydrogen-bond donors (Lipinski definition) is 3. The van der Waals surface area contributed by atoms with Gasteiger partial charge in [-0.25, -0.2) is 0 Å². The molecule has 5 aromatic rings. The Kier molecular flexibility index (Phi) is 10.9. The van der Waals surface area contributed by atoms with Crippen LogP contribution in [0.3, 0.4) is 0 Å². The molecule has 0 radical (unpaired) electrons. The van der Waals surface area contributed by atoms with Crippen molar-refractivity contribution in [2.24, 2.45) is 0 Å². The third kappa shape index (κ3) is 9.22. The lowest BCUT2D eigenvalue weighted by atomic mass is 10.1. The molecule has 0 saturated heterocycles. The first-order chi connectivity index (χ1) is 22.6. The summed E-state index contributed by atoms with van der Waals surface area (Å²) in [4.78, 5) is 49.8. The number of anilines is 2. The fourth-order valence-corrected chi connectivity index (χ4v) is 4.26. The van der Waals surface area contributed by atoms with Crippen LogP contribution in [0.2, 0.25) is 5.02 Å². The van der Waals surface area contributed by atoms with Crippen LogP contribution in [0.25, 0.3) is 10.9 Å². The first-order valence-electron chi connectivity index (χ1n) is 13.6. The van der Waals surface area contributed by atoms with E-state index in [9.17, 15) is 45.5 Å². The van der Waals surface area contributed by atoms with Crippen LogP contribution in [0.15, 0.2) is 103 Å². The van der Waals surface area contributed by atoms with Crippen LogP contribution in [0.1, 0.15) is 31.2 Å². The van der Waals surface area contributed by atoms with E-state index >= 15 is 0 Å². The quantitative estimate of drug-likeness (QED) is 0.112. The number of carbonyl (C=O) groups is 4. The average molecular weight is 690 g/mol. The van der Waals surface area contributed by atoms with Crippen LogP contribution < -0.4 is 15.4 Å². The molecular formula is C33H22ClF6N3O5. The van der Waals surface area contributed by atoms with Crippen LogP contribution in [0.5, 0.6) is 5.75 Å². The van der Waals surface area contributed by atoms with E-state index in [0.717, 1.165) is 23.0 Å². The van der Waals surface area contributed by atoms with Gasteiger partial charge in [-0.05, 0) is 60.7 Å². The average Bonchev–Trinajstić information content (AvgIpc) is 3.49. The number of amides is 2. The lowest BCUT2D eigenvalue weighted by Crippen LogP contribution is -2.26. The maximum Gasteiger partial charge on any atom is 0.454 e. The van der Waals surface area contributed by atoms with Crippen molar-refractivity contribution in [1.82, 2.24) is 4.98 Å². The number of H-pyrrole nitrogens is 1. The summed E-state index contributed by atoms with van der Waals surface area (Å²) in [6.45, 7) is -0.434. The molecule has 5 rings (SSSR count).